The number of hydrogen-bond acceptors (Lipinski definition) is 2. The molecule has 2 rings (SSSR count). The first kappa shape index (κ1) is 13.8. The molecule has 0 unspecified atom stereocenters. The maximum atomic E-state index is 5.63. The molecule has 0 aliphatic carbocycles. The maximum Gasteiger partial charge on any atom is 0.0651 e. The number of aryl methyl sites for hydroxylation is 2. The molecular weight excluding hydrogens is 234 g/mol. The van der Waals surface area contributed by atoms with Crippen molar-refractivity contribution in [3.05, 3.63) is 46.3 Å². The van der Waals surface area contributed by atoms with E-state index in [4.69, 9.17) is 5.73 Å². The molecule has 0 atom stereocenters. The molecule has 0 aliphatic heterocycles. The van der Waals surface area contributed by atoms with Crippen LogP contribution in [0.3, 0.4) is 0 Å². The fourth-order valence-electron chi connectivity index (χ4n) is 2.69. The third kappa shape index (κ3) is 2.56. The van der Waals surface area contributed by atoms with Crippen LogP contribution < -0.4 is 5.73 Å². The first-order valence-electron chi connectivity index (χ1n) is 6.93. The van der Waals surface area contributed by atoms with Crippen molar-refractivity contribution < 1.29 is 0 Å². The average Bonchev–Trinajstić information content (AvgIpc) is 2.67. The van der Waals surface area contributed by atoms with E-state index in [9.17, 15) is 0 Å². The lowest BCUT2D eigenvalue weighted by atomic mass is 10.0. The first-order valence-corrected chi connectivity index (χ1v) is 6.93. The van der Waals surface area contributed by atoms with E-state index in [-0.39, 0.29) is 0 Å². The summed E-state index contributed by atoms with van der Waals surface area (Å²) in [6, 6.07) is 6.50. The SMILES string of the molecule is CCc1c(C)nn(-c2ccc(CCN)c(C)c2)c1C. The van der Waals surface area contributed by atoms with Gasteiger partial charge >= 0.3 is 0 Å². The zero-order chi connectivity index (χ0) is 14.0. The van der Waals surface area contributed by atoms with Crippen LogP contribution in [0.25, 0.3) is 5.69 Å². The van der Waals surface area contributed by atoms with Gasteiger partial charge in [0.05, 0.1) is 11.4 Å². The summed E-state index contributed by atoms with van der Waals surface area (Å²) in [5, 5.41) is 4.66. The number of nitrogens with two attached hydrogens (primary N) is 1. The summed E-state index contributed by atoms with van der Waals surface area (Å²) in [4.78, 5) is 0. The van der Waals surface area contributed by atoms with Gasteiger partial charge < -0.3 is 5.73 Å². The van der Waals surface area contributed by atoms with E-state index >= 15 is 0 Å². The molecule has 0 aliphatic rings. The molecular formula is C16H23N3. The van der Waals surface area contributed by atoms with E-state index in [0.29, 0.717) is 6.54 Å². The molecule has 0 amide bonds. The van der Waals surface area contributed by atoms with E-state index in [1.54, 1.807) is 0 Å². The highest BCUT2D eigenvalue weighted by Crippen LogP contribution is 2.20. The number of benzene rings is 1. The van der Waals surface area contributed by atoms with Gasteiger partial charge in [-0.25, -0.2) is 4.68 Å². The fraction of sp³-hybridized carbons (Fsp3) is 0.438. The average molecular weight is 257 g/mol. The van der Waals surface area contributed by atoms with Gasteiger partial charge in [-0.2, -0.15) is 5.10 Å². The number of aromatic nitrogens is 2. The maximum absolute atomic E-state index is 5.63. The van der Waals surface area contributed by atoms with Crippen LogP contribution in [-0.4, -0.2) is 16.3 Å². The molecule has 1 aromatic heterocycles. The van der Waals surface area contributed by atoms with Crippen molar-refractivity contribution in [2.24, 2.45) is 5.73 Å². The topological polar surface area (TPSA) is 43.8 Å². The predicted molar refractivity (Wildman–Crippen MR) is 79.9 cm³/mol. The summed E-state index contributed by atoms with van der Waals surface area (Å²) in [6.07, 6.45) is 1.96. The quantitative estimate of drug-likeness (QED) is 0.915. The van der Waals surface area contributed by atoms with Crippen LogP contribution >= 0.6 is 0 Å². The van der Waals surface area contributed by atoms with Crippen molar-refractivity contribution in [3.63, 3.8) is 0 Å². The number of rotatable bonds is 4. The molecule has 0 saturated carbocycles. The van der Waals surface area contributed by atoms with Crippen LogP contribution in [-0.2, 0) is 12.8 Å². The summed E-state index contributed by atoms with van der Waals surface area (Å²) >= 11 is 0. The molecule has 0 spiro atoms. The second-order valence-electron chi connectivity index (χ2n) is 5.06. The van der Waals surface area contributed by atoms with Gasteiger partial charge in [0, 0.05) is 5.69 Å². The van der Waals surface area contributed by atoms with Crippen molar-refractivity contribution >= 4 is 0 Å². The Hall–Kier alpha value is -1.61. The third-order valence-corrected chi connectivity index (χ3v) is 3.78. The molecule has 3 heteroatoms. The molecule has 0 saturated heterocycles. The summed E-state index contributed by atoms with van der Waals surface area (Å²) in [5.41, 5.74) is 13.1. The Kier molecular flexibility index (Phi) is 4.05. The minimum atomic E-state index is 0.695. The van der Waals surface area contributed by atoms with Crippen LogP contribution in [0.5, 0.6) is 0 Å². The van der Waals surface area contributed by atoms with Gasteiger partial charge in [0.15, 0.2) is 0 Å². The first-order chi connectivity index (χ1) is 9.08. The Labute approximate surface area is 115 Å². The van der Waals surface area contributed by atoms with Gasteiger partial charge in [0.25, 0.3) is 0 Å². The second-order valence-corrected chi connectivity index (χ2v) is 5.06. The minimum Gasteiger partial charge on any atom is -0.330 e. The van der Waals surface area contributed by atoms with E-state index in [2.05, 4.69) is 51.0 Å². The standard InChI is InChI=1S/C16H23N3/c1-5-16-12(3)18-19(13(16)4)15-7-6-14(8-9-17)11(2)10-15/h6-7,10H,5,8-9,17H2,1-4H3. The molecule has 0 fully saturated rings. The zero-order valence-corrected chi connectivity index (χ0v) is 12.3. The fourth-order valence-corrected chi connectivity index (χ4v) is 2.69. The van der Waals surface area contributed by atoms with Crippen LogP contribution in [0.1, 0.15) is 35.0 Å². The largest absolute Gasteiger partial charge is 0.330 e. The van der Waals surface area contributed by atoms with Gasteiger partial charge in [-0.1, -0.05) is 13.0 Å². The normalized spacial score (nSPS) is 11.0. The second kappa shape index (κ2) is 5.57. The van der Waals surface area contributed by atoms with Crippen molar-refractivity contribution in [3.8, 4) is 5.69 Å². The highest BCUT2D eigenvalue weighted by molar-refractivity contribution is 5.42. The lowest BCUT2D eigenvalue weighted by Gasteiger charge is -2.09. The van der Waals surface area contributed by atoms with Crippen molar-refractivity contribution in [2.45, 2.75) is 40.5 Å². The number of hydrogen-bond donors (Lipinski definition) is 1. The van der Waals surface area contributed by atoms with Crippen LogP contribution in [0, 0.1) is 20.8 Å². The highest BCUT2D eigenvalue weighted by atomic mass is 15.3. The van der Waals surface area contributed by atoms with E-state index in [1.807, 2.05) is 4.68 Å². The van der Waals surface area contributed by atoms with Crippen LogP contribution in [0.15, 0.2) is 18.2 Å². The van der Waals surface area contributed by atoms with Crippen LogP contribution in [0.2, 0.25) is 0 Å². The molecule has 1 aromatic carbocycles. The summed E-state index contributed by atoms with van der Waals surface area (Å²) in [7, 11) is 0. The van der Waals surface area contributed by atoms with E-state index in [1.165, 1.54) is 22.4 Å². The molecule has 3 nitrogen and oxygen atoms in total. The Bertz CT molecular complexity index is 582. The molecule has 2 N–H and O–H groups in total. The monoisotopic (exact) mass is 257 g/mol. The summed E-state index contributed by atoms with van der Waals surface area (Å²) in [5.74, 6) is 0. The van der Waals surface area contributed by atoms with E-state index in [0.717, 1.165) is 24.2 Å². The predicted octanol–water partition coefficient (Wildman–Crippen LogP) is 2.86. The molecule has 0 radical (unpaired) electrons. The summed E-state index contributed by atoms with van der Waals surface area (Å²) in [6.45, 7) is 9.23. The molecule has 1 heterocycles. The Morgan fingerprint density at radius 3 is 2.47 bits per heavy atom. The van der Waals surface area contributed by atoms with Crippen molar-refractivity contribution in [1.29, 1.82) is 0 Å². The third-order valence-electron chi connectivity index (χ3n) is 3.78. The minimum absolute atomic E-state index is 0.695. The lowest BCUT2D eigenvalue weighted by Crippen LogP contribution is -2.05. The smallest absolute Gasteiger partial charge is 0.0651 e. The van der Waals surface area contributed by atoms with Gasteiger partial charge in [-0.3, -0.25) is 0 Å². The Morgan fingerprint density at radius 1 is 1.21 bits per heavy atom. The Balaban J connectivity index is 2.45. The van der Waals surface area contributed by atoms with Gasteiger partial charge in [0.1, 0.15) is 0 Å². The zero-order valence-electron chi connectivity index (χ0n) is 12.3. The number of nitrogens with zero attached hydrogens (tertiary/aromatic N) is 2. The lowest BCUT2D eigenvalue weighted by molar-refractivity contribution is 0.829. The summed E-state index contributed by atoms with van der Waals surface area (Å²) < 4.78 is 2.05. The Morgan fingerprint density at radius 2 is 1.95 bits per heavy atom. The molecule has 2 aromatic rings. The highest BCUT2D eigenvalue weighted by Gasteiger charge is 2.11. The van der Waals surface area contributed by atoms with Gasteiger partial charge in [0.2, 0.25) is 0 Å². The molecule has 102 valence electrons. The molecule has 19 heavy (non-hydrogen) atoms. The molecule has 0 bridgehead atoms. The van der Waals surface area contributed by atoms with Crippen molar-refractivity contribution in [1.82, 2.24) is 9.78 Å². The van der Waals surface area contributed by atoms with Crippen molar-refractivity contribution in [2.75, 3.05) is 6.54 Å². The van der Waals surface area contributed by atoms with Crippen LogP contribution in [0.4, 0.5) is 0 Å². The van der Waals surface area contributed by atoms with Gasteiger partial charge in [-0.15, -0.1) is 0 Å². The van der Waals surface area contributed by atoms with E-state index < -0.39 is 0 Å². The van der Waals surface area contributed by atoms with Gasteiger partial charge in [-0.05, 0) is 69.0 Å².